The smallest absolute Gasteiger partial charge is 0.00557 e. The Morgan fingerprint density at radius 3 is 2.67 bits per heavy atom. The van der Waals surface area contributed by atoms with E-state index >= 15 is 0 Å². The van der Waals surface area contributed by atoms with Crippen molar-refractivity contribution in [2.24, 2.45) is 0 Å². The van der Waals surface area contributed by atoms with Gasteiger partial charge in [-0.15, -0.1) is 0 Å². The molecule has 0 atom stereocenters. The van der Waals surface area contributed by atoms with Crippen molar-refractivity contribution < 1.29 is 0 Å². The molecule has 9 heavy (non-hydrogen) atoms. The minimum Gasteiger partial charge on any atom is -0.152 e. The van der Waals surface area contributed by atoms with Crippen LogP contribution in [0.1, 0.15) is 29.9 Å². The van der Waals surface area contributed by atoms with Crippen molar-refractivity contribution in [3.63, 3.8) is 0 Å². The molecule has 1 heteroatoms. The van der Waals surface area contributed by atoms with Crippen LogP contribution < -0.4 is 0 Å². The Morgan fingerprint density at radius 2 is 2.22 bits per heavy atom. The van der Waals surface area contributed by atoms with Crippen molar-refractivity contribution in [1.29, 1.82) is 0 Å². The molecule has 2 rings (SSSR count). The number of thiophene rings is 1. The van der Waals surface area contributed by atoms with Gasteiger partial charge in [0, 0.05) is 0 Å². The summed E-state index contributed by atoms with van der Waals surface area (Å²) in [4.78, 5) is 0. The van der Waals surface area contributed by atoms with Crippen LogP contribution in [0, 0.1) is 6.92 Å². The second-order valence-electron chi connectivity index (χ2n) is 2.78. The van der Waals surface area contributed by atoms with Gasteiger partial charge in [-0.3, -0.25) is 0 Å². The van der Waals surface area contributed by atoms with Crippen LogP contribution >= 0.6 is 11.3 Å². The molecule has 0 N–H and O–H groups in total. The molecule has 1 aliphatic rings. The fourth-order valence-electron chi connectivity index (χ4n) is 1.18. The SMILES string of the molecule is Cc1cscc1C1CC1. The number of rotatable bonds is 1. The van der Waals surface area contributed by atoms with E-state index in [1.165, 1.54) is 18.4 Å². The van der Waals surface area contributed by atoms with E-state index < -0.39 is 0 Å². The Morgan fingerprint density at radius 1 is 1.44 bits per heavy atom. The molecule has 1 heterocycles. The molecule has 1 aliphatic carbocycles. The number of hydrogen-bond donors (Lipinski definition) is 0. The predicted molar refractivity (Wildman–Crippen MR) is 41.0 cm³/mol. The van der Waals surface area contributed by atoms with Crippen LogP contribution in [0.4, 0.5) is 0 Å². The molecular formula is C8H10S. The number of hydrogen-bond acceptors (Lipinski definition) is 1. The van der Waals surface area contributed by atoms with Crippen LogP contribution in [0.5, 0.6) is 0 Å². The Kier molecular flexibility index (Phi) is 1.12. The summed E-state index contributed by atoms with van der Waals surface area (Å²) in [7, 11) is 0. The highest BCUT2D eigenvalue weighted by Crippen LogP contribution is 2.42. The van der Waals surface area contributed by atoms with Crippen LogP contribution in [-0.2, 0) is 0 Å². The first kappa shape index (κ1) is 5.48. The van der Waals surface area contributed by atoms with Gasteiger partial charge < -0.3 is 0 Å². The average Bonchev–Trinajstić information content (AvgIpc) is 2.58. The largest absolute Gasteiger partial charge is 0.152 e. The van der Waals surface area contributed by atoms with Crippen LogP contribution in [0.3, 0.4) is 0 Å². The molecule has 1 fully saturated rings. The maximum atomic E-state index is 2.30. The van der Waals surface area contributed by atoms with E-state index in [9.17, 15) is 0 Å². The van der Waals surface area contributed by atoms with E-state index in [1.54, 1.807) is 5.56 Å². The summed E-state index contributed by atoms with van der Waals surface area (Å²) >= 11 is 1.83. The highest BCUT2D eigenvalue weighted by atomic mass is 32.1. The molecular weight excluding hydrogens is 128 g/mol. The first-order chi connectivity index (χ1) is 4.38. The molecule has 0 unspecified atom stereocenters. The van der Waals surface area contributed by atoms with E-state index in [-0.39, 0.29) is 0 Å². The Hall–Kier alpha value is -0.300. The lowest BCUT2D eigenvalue weighted by Gasteiger charge is -1.90. The van der Waals surface area contributed by atoms with Gasteiger partial charge in [0.2, 0.25) is 0 Å². The second-order valence-corrected chi connectivity index (χ2v) is 3.53. The molecule has 0 aliphatic heterocycles. The Labute approximate surface area is 59.5 Å². The maximum absolute atomic E-state index is 2.30. The molecule has 0 bridgehead atoms. The van der Waals surface area contributed by atoms with Gasteiger partial charge in [0.25, 0.3) is 0 Å². The minimum atomic E-state index is 0.941. The monoisotopic (exact) mass is 138 g/mol. The topological polar surface area (TPSA) is 0 Å². The fraction of sp³-hybridized carbons (Fsp3) is 0.500. The Balaban J connectivity index is 2.35. The van der Waals surface area contributed by atoms with E-state index in [1.807, 2.05) is 11.3 Å². The Bertz CT molecular complexity index is 208. The third kappa shape index (κ3) is 0.897. The van der Waals surface area contributed by atoms with Crippen molar-refractivity contribution in [1.82, 2.24) is 0 Å². The molecule has 1 saturated carbocycles. The van der Waals surface area contributed by atoms with Gasteiger partial charge >= 0.3 is 0 Å². The van der Waals surface area contributed by atoms with Crippen LogP contribution in [0.2, 0.25) is 0 Å². The molecule has 0 spiro atoms. The summed E-state index contributed by atoms with van der Waals surface area (Å²) in [6.45, 7) is 2.21. The summed E-state index contributed by atoms with van der Waals surface area (Å²) in [5, 5.41) is 4.54. The van der Waals surface area contributed by atoms with Gasteiger partial charge in [-0.2, -0.15) is 11.3 Å². The standard InChI is InChI=1S/C8H10S/c1-6-4-9-5-8(6)7-2-3-7/h4-5,7H,2-3H2,1H3. The first-order valence-electron chi connectivity index (χ1n) is 3.40. The molecule has 0 radical (unpaired) electrons. The van der Waals surface area contributed by atoms with Crippen molar-refractivity contribution in [3.8, 4) is 0 Å². The minimum absolute atomic E-state index is 0.941. The van der Waals surface area contributed by atoms with E-state index in [4.69, 9.17) is 0 Å². The van der Waals surface area contributed by atoms with E-state index in [2.05, 4.69) is 17.7 Å². The van der Waals surface area contributed by atoms with Crippen molar-refractivity contribution in [2.45, 2.75) is 25.7 Å². The zero-order valence-corrected chi connectivity index (χ0v) is 6.37. The van der Waals surface area contributed by atoms with Crippen molar-refractivity contribution in [2.75, 3.05) is 0 Å². The fourth-order valence-corrected chi connectivity index (χ4v) is 2.12. The lowest BCUT2D eigenvalue weighted by molar-refractivity contribution is 1.12. The highest BCUT2D eigenvalue weighted by Gasteiger charge is 2.24. The van der Waals surface area contributed by atoms with Gasteiger partial charge in [0.05, 0.1) is 0 Å². The normalized spacial score (nSPS) is 18.3. The molecule has 1 aromatic heterocycles. The average molecular weight is 138 g/mol. The summed E-state index contributed by atoms with van der Waals surface area (Å²) in [6.07, 6.45) is 2.86. The molecule has 48 valence electrons. The van der Waals surface area contributed by atoms with Gasteiger partial charge in [-0.25, -0.2) is 0 Å². The lowest BCUT2D eigenvalue weighted by atomic mass is 10.1. The molecule has 0 saturated heterocycles. The van der Waals surface area contributed by atoms with Crippen molar-refractivity contribution in [3.05, 3.63) is 21.9 Å². The summed E-state index contributed by atoms with van der Waals surface area (Å²) < 4.78 is 0. The summed E-state index contributed by atoms with van der Waals surface area (Å²) in [5.74, 6) is 0.941. The number of aryl methyl sites for hydroxylation is 1. The van der Waals surface area contributed by atoms with Crippen LogP contribution in [0.15, 0.2) is 10.8 Å². The van der Waals surface area contributed by atoms with Gasteiger partial charge in [0.1, 0.15) is 0 Å². The van der Waals surface area contributed by atoms with Gasteiger partial charge in [-0.1, -0.05) is 0 Å². The zero-order valence-electron chi connectivity index (χ0n) is 5.55. The molecule has 0 amide bonds. The molecule has 0 aromatic carbocycles. The zero-order chi connectivity index (χ0) is 6.27. The highest BCUT2D eigenvalue weighted by molar-refractivity contribution is 7.08. The summed E-state index contributed by atoms with van der Waals surface area (Å²) in [6, 6.07) is 0. The first-order valence-corrected chi connectivity index (χ1v) is 4.35. The van der Waals surface area contributed by atoms with Gasteiger partial charge in [-0.05, 0) is 47.6 Å². The summed E-state index contributed by atoms with van der Waals surface area (Å²) in [5.41, 5.74) is 3.11. The van der Waals surface area contributed by atoms with Crippen LogP contribution in [-0.4, -0.2) is 0 Å². The maximum Gasteiger partial charge on any atom is -0.00557 e. The third-order valence-corrected chi connectivity index (χ3v) is 2.79. The molecule has 1 aromatic rings. The van der Waals surface area contributed by atoms with E-state index in [0.29, 0.717) is 0 Å². The van der Waals surface area contributed by atoms with E-state index in [0.717, 1.165) is 5.92 Å². The lowest BCUT2D eigenvalue weighted by Crippen LogP contribution is -1.74. The third-order valence-electron chi connectivity index (χ3n) is 1.91. The van der Waals surface area contributed by atoms with Gasteiger partial charge in [0.15, 0.2) is 0 Å². The second kappa shape index (κ2) is 1.84. The van der Waals surface area contributed by atoms with Crippen molar-refractivity contribution >= 4 is 11.3 Å². The molecule has 0 nitrogen and oxygen atoms in total. The predicted octanol–water partition coefficient (Wildman–Crippen LogP) is 2.93. The van der Waals surface area contributed by atoms with Crippen LogP contribution in [0.25, 0.3) is 0 Å². The quantitative estimate of drug-likeness (QED) is 0.559.